The van der Waals surface area contributed by atoms with Gasteiger partial charge in [0.25, 0.3) is 10.0 Å². The van der Waals surface area contributed by atoms with Gasteiger partial charge in [-0.3, -0.25) is 4.31 Å². The maximum absolute atomic E-state index is 14.9. The Morgan fingerprint density at radius 3 is 2.56 bits per heavy atom. The molecule has 12 heteroatoms. The Morgan fingerprint density at radius 2 is 1.83 bits per heavy atom. The van der Waals surface area contributed by atoms with Crippen LogP contribution in [0.25, 0.3) is 0 Å². The molecule has 4 rings (SSSR count). The van der Waals surface area contributed by atoms with Gasteiger partial charge in [0.2, 0.25) is 0 Å². The summed E-state index contributed by atoms with van der Waals surface area (Å²) in [5.41, 5.74) is 0.0482. The molecule has 1 aromatic heterocycles. The van der Waals surface area contributed by atoms with Crippen molar-refractivity contribution in [2.24, 2.45) is 0 Å². The summed E-state index contributed by atoms with van der Waals surface area (Å²) >= 11 is 5.93. The molecule has 0 aliphatic rings. The first kappa shape index (κ1) is 25.5. The molecule has 1 atom stereocenters. The van der Waals surface area contributed by atoms with Crippen LogP contribution in [0.15, 0.2) is 78.0 Å². The largest absolute Gasteiger partial charge is 0.493 e. The maximum Gasteiger partial charge on any atom is 0.264 e. The first-order valence-corrected chi connectivity index (χ1v) is 12.8. The topological polar surface area (TPSA) is 90.2 Å². The number of sulfonamides is 1. The lowest BCUT2D eigenvalue weighted by Gasteiger charge is -2.32. The van der Waals surface area contributed by atoms with Crippen LogP contribution in [0.3, 0.4) is 0 Å². The van der Waals surface area contributed by atoms with E-state index < -0.39 is 33.4 Å². The Balaban J connectivity index is 1.70. The van der Waals surface area contributed by atoms with Gasteiger partial charge in [0.1, 0.15) is 23.7 Å². The van der Waals surface area contributed by atoms with Crippen LogP contribution in [0.2, 0.25) is 5.02 Å². The summed E-state index contributed by atoms with van der Waals surface area (Å²) in [5, 5.41) is 11.3. The van der Waals surface area contributed by atoms with E-state index in [4.69, 9.17) is 16.3 Å². The number of nitrogens with zero attached hydrogens (tertiary/aromatic N) is 5. The van der Waals surface area contributed by atoms with Crippen molar-refractivity contribution in [2.45, 2.75) is 30.8 Å². The Hall–Kier alpha value is -3.57. The summed E-state index contributed by atoms with van der Waals surface area (Å²) in [5.74, 6) is -1.25. The number of rotatable bonds is 10. The third kappa shape index (κ3) is 5.63. The van der Waals surface area contributed by atoms with Crippen molar-refractivity contribution >= 4 is 27.3 Å². The number of ether oxygens (including phenoxy) is 1. The van der Waals surface area contributed by atoms with Crippen LogP contribution in [0.1, 0.15) is 24.9 Å². The van der Waals surface area contributed by atoms with Gasteiger partial charge in [-0.15, -0.1) is 5.10 Å². The Morgan fingerprint density at radius 1 is 1.08 bits per heavy atom. The molecule has 4 aromatic rings. The Bertz CT molecular complexity index is 1420. The van der Waals surface area contributed by atoms with E-state index in [2.05, 4.69) is 15.5 Å². The summed E-state index contributed by atoms with van der Waals surface area (Å²) < 4.78 is 65.0. The number of aryl methyl sites for hydroxylation is 1. The van der Waals surface area contributed by atoms with Gasteiger partial charge in [-0.25, -0.2) is 21.9 Å². The molecule has 0 bridgehead atoms. The van der Waals surface area contributed by atoms with Crippen molar-refractivity contribution in [1.29, 1.82) is 0 Å². The van der Waals surface area contributed by atoms with Crippen LogP contribution in [-0.2, 0) is 16.6 Å². The van der Waals surface area contributed by atoms with E-state index >= 15 is 0 Å². The van der Waals surface area contributed by atoms with Crippen molar-refractivity contribution in [3.8, 4) is 5.75 Å². The first-order valence-electron chi connectivity index (χ1n) is 10.9. The highest BCUT2D eigenvalue weighted by atomic mass is 35.5. The van der Waals surface area contributed by atoms with Crippen LogP contribution in [0.4, 0.5) is 14.5 Å². The molecule has 0 radical (unpaired) electrons. The van der Waals surface area contributed by atoms with Crippen LogP contribution in [0.5, 0.6) is 5.75 Å². The van der Waals surface area contributed by atoms with Crippen LogP contribution in [-0.4, -0.2) is 35.2 Å². The minimum absolute atomic E-state index is 0.123. The van der Waals surface area contributed by atoms with Crippen LogP contribution in [0, 0.1) is 11.6 Å². The molecule has 0 N–H and O–H groups in total. The molecule has 8 nitrogen and oxygen atoms in total. The van der Waals surface area contributed by atoms with Crippen molar-refractivity contribution in [2.75, 3.05) is 10.9 Å². The Kier molecular flexibility index (Phi) is 7.80. The predicted octanol–water partition coefficient (Wildman–Crippen LogP) is 5.03. The molecule has 0 spiro atoms. The average molecular weight is 534 g/mol. The molecule has 1 unspecified atom stereocenters. The van der Waals surface area contributed by atoms with E-state index in [-0.39, 0.29) is 4.90 Å². The van der Waals surface area contributed by atoms with Gasteiger partial charge in [0.05, 0.1) is 23.2 Å². The summed E-state index contributed by atoms with van der Waals surface area (Å²) in [6, 6.07) is 14.0. The normalized spacial score (nSPS) is 12.3. The number of benzene rings is 3. The van der Waals surface area contributed by atoms with Gasteiger partial charge < -0.3 is 4.74 Å². The zero-order valence-electron chi connectivity index (χ0n) is 19.1. The lowest BCUT2D eigenvalue weighted by Crippen LogP contribution is -2.34. The van der Waals surface area contributed by atoms with Crippen LogP contribution < -0.4 is 9.04 Å². The number of hydrogen-bond acceptors (Lipinski definition) is 6. The van der Waals surface area contributed by atoms with E-state index in [1.165, 1.54) is 30.6 Å². The summed E-state index contributed by atoms with van der Waals surface area (Å²) in [7, 11) is -4.34. The molecule has 0 saturated carbocycles. The van der Waals surface area contributed by atoms with Gasteiger partial charge in [0.15, 0.2) is 0 Å². The highest BCUT2D eigenvalue weighted by Crippen LogP contribution is 2.38. The first-order chi connectivity index (χ1) is 17.3. The van der Waals surface area contributed by atoms with Gasteiger partial charge >= 0.3 is 0 Å². The highest BCUT2D eigenvalue weighted by molar-refractivity contribution is 7.92. The van der Waals surface area contributed by atoms with E-state index in [0.29, 0.717) is 35.9 Å². The third-order valence-electron chi connectivity index (χ3n) is 5.42. The molecule has 1 heterocycles. The minimum atomic E-state index is -4.34. The summed E-state index contributed by atoms with van der Waals surface area (Å²) in [4.78, 5) is -0.123. The third-order valence-corrected chi connectivity index (χ3v) is 7.57. The second-order valence-electron chi connectivity index (χ2n) is 7.84. The standard InChI is InChI=1S/C24H22ClF2N5O3S/c1-17(21-5-2-3-6-24(21)35-14-4-13-31-16-28-29-30-31)32(23-15-19(26)9-12-22(23)27)36(33,34)20-10-7-18(25)8-11-20/h2-3,5-12,15-17H,4,13-14H2,1H3. The van der Waals surface area contributed by atoms with Gasteiger partial charge in [0, 0.05) is 29.6 Å². The van der Waals surface area contributed by atoms with E-state index in [0.717, 1.165) is 22.5 Å². The Labute approximate surface area is 212 Å². The fraction of sp³-hybridized carbons (Fsp3) is 0.208. The molecule has 188 valence electrons. The zero-order valence-corrected chi connectivity index (χ0v) is 20.7. The molecule has 0 aliphatic heterocycles. The molecule has 36 heavy (non-hydrogen) atoms. The van der Waals surface area contributed by atoms with E-state index in [1.807, 2.05) is 0 Å². The lowest BCUT2D eigenvalue weighted by molar-refractivity contribution is 0.294. The van der Waals surface area contributed by atoms with Crippen molar-refractivity contribution in [1.82, 2.24) is 20.2 Å². The number of halogens is 3. The molecule has 0 amide bonds. The van der Waals surface area contributed by atoms with E-state index in [9.17, 15) is 17.2 Å². The van der Waals surface area contributed by atoms with Crippen molar-refractivity contribution in [3.05, 3.63) is 95.3 Å². The lowest BCUT2D eigenvalue weighted by atomic mass is 10.1. The highest BCUT2D eigenvalue weighted by Gasteiger charge is 2.34. The second kappa shape index (κ2) is 11.0. The fourth-order valence-corrected chi connectivity index (χ4v) is 5.46. The van der Waals surface area contributed by atoms with Crippen LogP contribution >= 0.6 is 11.6 Å². The monoisotopic (exact) mass is 533 g/mol. The van der Waals surface area contributed by atoms with Gasteiger partial charge in [-0.05, 0) is 59.8 Å². The quantitative estimate of drug-likeness (QED) is 0.266. The molecular formula is C24H22ClF2N5O3S. The SMILES string of the molecule is CC(c1ccccc1OCCCn1cnnn1)N(c1cc(F)ccc1F)S(=O)(=O)c1ccc(Cl)cc1. The molecular weight excluding hydrogens is 512 g/mol. The smallest absolute Gasteiger partial charge is 0.264 e. The second-order valence-corrected chi connectivity index (χ2v) is 10.1. The maximum atomic E-state index is 14.9. The summed E-state index contributed by atoms with van der Waals surface area (Å²) in [6.07, 6.45) is 2.07. The number of tetrazole rings is 1. The van der Waals surface area contributed by atoms with Crippen molar-refractivity contribution in [3.63, 3.8) is 0 Å². The number of anilines is 1. The number of aromatic nitrogens is 4. The van der Waals surface area contributed by atoms with E-state index in [1.54, 1.807) is 35.9 Å². The molecule has 0 saturated heterocycles. The fourth-order valence-electron chi connectivity index (χ4n) is 3.70. The average Bonchev–Trinajstić information content (AvgIpc) is 3.38. The molecule has 0 aliphatic carbocycles. The molecule has 3 aromatic carbocycles. The van der Waals surface area contributed by atoms with Crippen molar-refractivity contribution < 1.29 is 21.9 Å². The van der Waals surface area contributed by atoms with Gasteiger partial charge in [-0.1, -0.05) is 29.8 Å². The summed E-state index contributed by atoms with van der Waals surface area (Å²) in [6.45, 7) is 2.40. The predicted molar refractivity (Wildman–Crippen MR) is 130 cm³/mol. The zero-order chi connectivity index (χ0) is 25.7. The van der Waals surface area contributed by atoms with Gasteiger partial charge in [-0.2, -0.15) is 0 Å². The molecule has 0 fully saturated rings. The number of para-hydroxylation sites is 1. The number of hydrogen-bond donors (Lipinski definition) is 0. The minimum Gasteiger partial charge on any atom is -0.493 e.